The number of nitrogens with one attached hydrogen (secondary N) is 1. The first-order valence-corrected chi connectivity index (χ1v) is 7.76. The number of ether oxygens (including phenoxy) is 1. The molecule has 0 aliphatic rings. The predicted octanol–water partition coefficient (Wildman–Crippen LogP) is 4.18. The summed E-state index contributed by atoms with van der Waals surface area (Å²) in [5.74, 6) is 1.39. The van der Waals surface area contributed by atoms with Gasteiger partial charge in [0.1, 0.15) is 17.5 Å². The van der Waals surface area contributed by atoms with Crippen molar-refractivity contribution in [1.82, 2.24) is 9.78 Å². The highest BCUT2D eigenvalue weighted by Gasteiger charge is 2.14. The van der Waals surface area contributed by atoms with Crippen LogP contribution >= 0.6 is 0 Å². The summed E-state index contributed by atoms with van der Waals surface area (Å²) < 4.78 is 7.41. The van der Waals surface area contributed by atoms with Gasteiger partial charge in [-0.3, -0.25) is 9.48 Å². The highest BCUT2D eigenvalue weighted by Crippen LogP contribution is 2.24. The second-order valence-corrected chi connectivity index (χ2v) is 5.59. The number of anilines is 1. The first-order chi connectivity index (χ1) is 11.6. The number of hydrogen-bond acceptors (Lipinski definition) is 3. The van der Waals surface area contributed by atoms with E-state index in [2.05, 4.69) is 10.4 Å². The lowest BCUT2D eigenvalue weighted by Crippen LogP contribution is -2.23. The van der Waals surface area contributed by atoms with Gasteiger partial charge in [-0.25, -0.2) is 0 Å². The number of amides is 1. The van der Waals surface area contributed by atoms with Gasteiger partial charge in [-0.05, 0) is 61.9 Å². The van der Waals surface area contributed by atoms with Crippen LogP contribution in [0.15, 0.2) is 67.0 Å². The van der Waals surface area contributed by atoms with Gasteiger partial charge in [-0.1, -0.05) is 12.1 Å². The Morgan fingerprint density at radius 1 is 1.12 bits per heavy atom. The van der Waals surface area contributed by atoms with Crippen LogP contribution in [0.25, 0.3) is 0 Å². The van der Waals surface area contributed by atoms with Crippen molar-refractivity contribution < 1.29 is 9.53 Å². The molecule has 5 heteroatoms. The first-order valence-electron chi connectivity index (χ1n) is 7.76. The molecule has 2 aromatic carbocycles. The lowest BCUT2D eigenvalue weighted by atomic mass is 10.2. The number of aromatic nitrogens is 2. The van der Waals surface area contributed by atoms with Crippen LogP contribution < -0.4 is 10.1 Å². The molecule has 0 spiro atoms. The van der Waals surface area contributed by atoms with E-state index in [1.807, 2.05) is 55.5 Å². The molecule has 1 unspecified atom stereocenters. The van der Waals surface area contributed by atoms with Crippen molar-refractivity contribution in [2.75, 3.05) is 5.32 Å². The lowest BCUT2D eigenvalue weighted by Gasteiger charge is -2.13. The molecule has 5 nitrogen and oxygen atoms in total. The Kier molecular flexibility index (Phi) is 4.61. The van der Waals surface area contributed by atoms with E-state index in [0.29, 0.717) is 0 Å². The van der Waals surface area contributed by atoms with Gasteiger partial charge in [-0.2, -0.15) is 5.10 Å². The first kappa shape index (κ1) is 15.8. The Hall–Kier alpha value is -3.08. The van der Waals surface area contributed by atoms with Crippen molar-refractivity contribution in [1.29, 1.82) is 0 Å². The molecule has 122 valence electrons. The van der Waals surface area contributed by atoms with E-state index in [9.17, 15) is 4.79 Å². The predicted molar refractivity (Wildman–Crippen MR) is 93.3 cm³/mol. The maximum Gasteiger partial charge on any atom is 0.248 e. The van der Waals surface area contributed by atoms with Gasteiger partial charge in [0.05, 0.1) is 0 Å². The summed E-state index contributed by atoms with van der Waals surface area (Å²) in [6, 6.07) is 16.6. The van der Waals surface area contributed by atoms with E-state index in [4.69, 9.17) is 4.74 Å². The molecule has 1 N–H and O–H groups in total. The smallest absolute Gasteiger partial charge is 0.248 e. The molecule has 0 bridgehead atoms. The summed E-state index contributed by atoms with van der Waals surface area (Å²) in [6.07, 6.45) is 3.42. The van der Waals surface area contributed by atoms with Crippen molar-refractivity contribution in [3.63, 3.8) is 0 Å². The van der Waals surface area contributed by atoms with Crippen LogP contribution in [0.1, 0.15) is 18.5 Å². The third-order valence-corrected chi connectivity index (χ3v) is 3.65. The van der Waals surface area contributed by atoms with Crippen LogP contribution in [-0.2, 0) is 4.79 Å². The average Bonchev–Trinajstić information content (AvgIpc) is 3.10. The molecular weight excluding hydrogens is 302 g/mol. The molecule has 1 heterocycles. The van der Waals surface area contributed by atoms with Gasteiger partial charge >= 0.3 is 0 Å². The Bertz CT molecular complexity index is 811. The van der Waals surface area contributed by atoms with Crippen molar-refractivity contribution in [3.8, 4) is 11.5 Å². The van der Waals surface area contributed by atoms with Crippen LogP contribution in [0, 0.1) is 6.92 Å². The summed E-state index contributed by atoms with van der Waals surface area (Å²) in [6.45, 7) is 3.82. The third kappa shape index (κ3) is 3.81. The van der Waals surface area contributed by atoms with E-state index < -0.39 is 0 Å². The van der Waals surface area contributed by atoms with E-state index >= 15 is 0 Å². The topological polar surface area (TPSA) is 56.1 Å². The molecule has 0 fully saturated rings. The highest BCUT2D eigenvalue weighted by atomic mass is 16.5. The van der Waals surface area contributed by atoms with Crippen LogP contribution in [0.3, 0.4) is 0 Å². The van der Waals surface area contributed by atoms with Crippen LogP contribution in [-0.4, -0.2) is 15.7 Å². The number of aryl methyl sites for hydroxylation is 1. The summed E-state index contributed by atoms with van der Waals surface area (Å²) >= 11 is 0. The Balaban J connectivity index is 1.63. The van der Waals surface area contributed by atoms with Gasteiger partial charge in [0.15, 0.2) is 0 Å². The minimum absolute atomic E-state index is 0.119. The lowest BCUT2D eigenvalue weighted by molar-refractivity contribution is -0.119. The molecule has 3 aromatic rings. The molecule has 1 aromatic heterocycles. The minimum atomic E-state index is -0.372. The maximum atomic E-state index is 12.2. The standard InChI is InChI=1S/C19H19N3O2/c1-14-5-3-6-18(13-14)24-17-9-7-16(8-10-17)21-19(23)15(2)22-12-4-11-20-22/h3-13,15H,1-2H3,(H,21,23). The molecule has 0 saturated heterocycles. The number of carbonyl (C=O) groups is 1. The van der Waals surface area contributed by atoms with Gasteiger partial charge in [-0.15, -0.1) is 0 Å². The zero-order valence-electron chi connectivity index (χ0n) is 13.6. The Labute approximate surface area is 140 Å². The molecule has 1 atom stereocenters. The van der Waals surface area contributed by atoms with Crippen molar-refractivity contribution in [2.45, 2.75) is 19.9 Å². The Morgan fingerprint density at radius 3 is 2.58 bits per heavy atom. The average molecular weight is 321 g/mol. The summed E-state index contributed by atoms with van der Waals surface area (Å²) in [7, 11) is 0. The summed E-state index contributed by atoms with van der Waals surface area (Å²) in [5.41, 5.74) is 1.86. The fourth-order valence-corrected chi connectivity index (χ4v) is 2.30. The number of rotatable bonds is 5. The molecule has 0 saturated carbocycles. The third-order valence-electron chi connectivity index (χ3n) is 3.65. The zero-order valence-corrected chi connectivity index (χ0v) is 13.6. The fraction of sp³-hybridized carbons (Fsp3) is 0.158. The molecule has 0 aliphatic heterocycles. The fourth-order valence-electron chi connectivity index (χ4n) is 2.30. The quantitative estimate of drug-likeness (QED) is 0.767. The van der Waals surface area contributed by atoms with Gasteiger partial charge < -0.3 is 10.1 Å². The minimum Gasteiger partial charge on any atom is -0.457 e. The van der Waals surface area contributed by atoms with Crippen LogP contribution in [0.4, 0.5) is 5.69 Å². The maximum absolute atomic E-state index is 12.2. The number of carbonyl (C=O) groups excluding carboxylic acids is 1. The second-order valence-electron chi connectivity index (χ2n) is 5.59. The molecule has 1 amide bonds. The van der Waals surface area contributed by atoms with E-state index in [1.54, 1.807) is 30.1 Å². The number of hydrogen-bond donors (Lipinski definition) is 1. The monoisotopic (exact) mass is 321 g/mol. The number of benzene rings is 2. The zero-order chi connectivity index (χ0) is 16.9. The molecule has 3 rings (SSSR count). The van der Waals surface area contributed by atoms with E-state index in [1.165, 1.54) is 0 Å². The van der Waals surface area contributed by atoms with Crippen molar-refractivity contribution in [3.05, 3.63) is 72.6 Å². The normalized spacial score (nSPS) is 11.8. The largest absolute Gasteiger partial charge is 0.457 e. The Morgan fingerprint density at radius 2 is 1.92 bits per heavy atom. The van der Waals surface area contributed by atoms with E-state index in [0.717, 1.165) is 22.7 Å². The molecular formula is C19H19N3O2. The van der Waals surface area contributed by atoms with Crippen molar-refractivity contribution >= 4 is 11.6 Å². The van der Waals surface area contributed by atoms with Crippen LogP contribution in [0.5, 0.6) is 11.5 Å². The molecule has 0 aliphatic carbocycles. The van der Waals surface area contributed by atoms with Crippen LogP contribution in [0.2, 0.25) is 0 Å². The summed E-state index contributed by atoms with van der Waals surface area (Å²) in [5, 5.41) is 6.96. The van der Waals surface area contributed by atoms with Gasteiger partial charge in [0.2, 0.25) is 5.91 Å². The summed E-state index contributed by atoms with van der Waals surface area (Å²) in [4.78, 5) is 12.2. The molecule has 24 heavy (non-hydrogen) atoms. The highest BCUT2D eigenvalue weighted by molar-refractivity contribution is 5.93. The number of nitrogens with zero attached hydrogens (tertiary/aromatic N) is 2. The van der Waals surface area contributed by atoms with Gasteiger partial charge in [0.25, 0.3) is 0 Å². The van der Waals surface area contributed by atoms with Gasteiger partial charge in [0, 0.05) is 18.1 Å². The van der Waals surface area contributed by atoms with E-state index in [-0.39, 0.29) is 11.9 Å². The SMILES string of the molecule is Cc1cccc(Oc2ccc(NC(=O)C(C)n3cccn3)cc2)c1. The van der Waals surface area contributed by atoms with Crippen molar-refractivity contribution in [2.24, 2.45) is 0 Å². The molecule has 0 radical (unpaired) electrons. The second kappa shape index (κ2) is 7.00.